The third kappa shape index (κ3) is 2.94. The summed E-state index contributed by atoms with van der Waals surface area (Å²) >= 11 is 10.3. The largest absolute Gasteiger partial charge is 0.497 e. The minimum atomic E-state index is -0.311. The van der Waals surface area contributed by atoms with Gasteiger partial charge in [0, 0.05) is 10.0 Å². The highest BCUT2D eigenvalue weighted by atomic mass is 79.9. The number of aryl methyl sites for hydroxylation is 1. The van der Waals surface area contributed by atoms with Gasteiger partial charge in [-0.15, -0.1) is 11.6 Å². The Morgan fingerprint density at radius 1 is 1.05 bits per heavy atom. The number of halogens is 2. The maximum atomic E-state index is 6.66. The van der Waals surface area contributed by atoms with Gasteiger partial charge in [0.25, 0.3) is 0 Å². The van der Waals surface area contributed by atoms with Crippen LogP contribution in [0.2, 0.25) is 0 Å². The van der Waals surface area contributed by atoms with Crippen LogP contribution in [0.15, 0.2) is 40.9 Å². The van der Waals surface area contributed by atoms with Crippen molar-refractivity contribution in [2.45, 2.75) is 12.3 Å². The molecule has 0 N–H and O–H groups in total. The van der Waals surface area contributed by atoms with Crippen LogP contribution in [0.1, 0.15) is 22.1 Å². The Morgan fingerprint density at radius 2 is 1.80 bits per heavy atom. The third-order valence-electron chi connectivity index (χ3n) is 3.20. The first-order valence-electron chi connectivity index (χ1n) is 6.19. The standard InChI is InChI=1S/C16H16BrClO2/c1-10-5-4-6-12(15(10)17)16(18)13-9-11(19-2)7-8-14(13)20-3/h4-9,16H,1-3H3. The molecule has 0 aliphatic carbocycles. The van der Waals surface area contributed by atoms with E-state index in [1.165, 1.54) is 0 Å². The SMILES string of the molecule is COc1ccc(OC)c(C(Cl)c2cccc(C)c2Br)c1. The van der Waals surface area contributed by atoms with Crippen molar-refractivity contribution in [3.05, 3.63) is 57.6 Å². The van der Waals surface area contributed by atoms with Crippen molar-refractivity contribution in [2.24, 2.45) is 0 Å². The Bertz CT molecular complexity index is 613. The van der Waals surface area contributed by atoms with E-state index in [2.05, 4.69) is 15.9 Å². The number of methoxy groups -OCH3 is 2. The molecule has 106 valence electrons. The molecule has 1 unspecified atom stereocenters. The molecule has 1 atom stereocenters. The summed E-state index contributed by atoms with van der Waals surface area (Å²) in [6.07, 6.45) is 0. The van der Waals surface area contributed by atoms with Gasteiger partial charge in [0.05, 0.1) is 19.6 Å². The van der Waals surface area contributed by atoms with Crippen molar-refractivity contribution in [1.29, 1.82) is 0 Å². The fourth-order valence-electron chi connectivity index (χ4n) is 2.07. The lowest BCUT2D eigenvalue weighted by Gasteiger charge is -2.17. The van der Waals surface area contributed by atoms with Crippen molar-refractivity contribution in [3.8, 4) is 11.5 Å². The molecule has 0 heterocycles. The summed E-state index contributed by atoms with van der Waals surface area (Å²) in [6, 6.07) is 11.7. The van der Waals surface area contributed by atoms with Gasteiger partial charge in [-0.05, 0) is 36.2 Å². The molecular formula is C16H16BrClO2. The number of benzene rings is 2. The first-order valence-corrected chi connectivity index (χ1v) is 7.42. The molecule has 2 rings (SSSR count). The van der Waals surface area contributed by atoms with Crippen LogP contribution in [0, 0.1) is 6.92 Å². The van der Waals surface area contributed by atoms with E-state index in [0.717, 1.165) is 32.7 Å². The summed E-state index contributed by atoms with van der Waals surface area (Å²) in [4.78, 5) is 0. The fourth-order valence-corrected chi connectivity index (χ4v) is 3.05. The molecule has 0 aliphatic rings. The Kier molecular flexibility index (Phi) is 4.95. The van der Waals surface area contributed by atoms with Gasteiger partial charge < -0.3 is 9.47 Å². The quantitative estimate of drug-likeness (QED) is 0.710. The molecule has 0 aromatic heterocycles. The van der Waals surface area contributed by atoms with E-state index in [-0.39, 0.29) is 5.38 Å². The minimum absolute atomic E-state index is 0.311. The van der Waals surface area contributed by atoms with Crippen molar-refractivity contribution in [1.82, 2.24) is 0 Å². The van der Waals surface area contributed by atoms with Crippen molar-refractivity contribution < 1.29 is 9.47 Å². The van der Waals surface area contributed by atoms with Crippen LogP contribution in [-0.4, -0.2) is 14.2 Å². The van der Waals surface area contributed by atoms with E-state index in [4.69, 9.17) is 21.1 Å². The van der Waals surface area contributed by atoms with E-state index >= 15 is 0 Å². The monoisotopic (exact) mass is 354 g/mol. The van der Waals surface area contributed by atoms with Crippen LogP contribution < -0.4 is 9.47 Å². The molecule has 0 saturated carbocycles. The molecule has 20 heavy (non-hydrogen) atoms. The van der Waals surface area contributed by atoms with E-state index < -0.39 is 0 Å². The normalized spacial score (nSPS) is 12.1. The smallest absolute Gasteiger partial charge is 0.124 e. The van der Waals surface area contributed by atoms with Gasteiger partial charge in [0.2, 0.25) is 0 Å². The molecule has 0 amide bonds. The lowest BCUT2D eigenvalue weighted by atomic mass is 10.0. The molecule has 2 aromatic rings. The molecule has 0 aliphatic heterocycles. The number of hydrogen-bond donors (Lipinski definition) is 0. The predicted molar refractivity (Wildman–Crippen MR) is 86.1 cm³/mol. The maximum Gasteiger partial charge on any atom is 0.124 e. The summed E-state index contributed by atoms with van der Waals surface area (Å²) in [5.41, 5.74) is 3.05. The van der Waals surface area contributed by atoms with Crippen LogP contribution in [0.25, 0.3) is 0 Å². The van der Waals surface area contributed by atoms with Gasteiger partial charge in [-0.25, -0.2) is 0 Å². The van der Waals surface area contributed by atoms with Crippen molar-refractivity contribution in [3.63, 3.8) is 0 Å². The van der Waals surface area contributed by atoms with Crippen LogP contribution in [-0.2, 0) is 0 Å². The van der Waals surface area contributed by atoms with Gasteiger partial charge >= 0.3 is 0 Å². The molecular weight excluding hydrogens is 340 g/mol. The number of hydrogen-bond acceptors (Lipinski definition) is 2. The second-order valence-electron chi connectivity index (χ2n) is 4.45. The highest BCUT2D eigenvalue weighted by Gasteiger charge is 2.19. The summed E-state index contributed by atoms with van der Waals surface area (Å²) in [5, 5.41) is -0.311. The van der Waals surface area contributed by atoms with Crippen LogP contribution in [0.3, 0.4) is 0 Å². The number of ether oxygens (including phenoxy) is 2. The Balaban J connectivity index is 2.51. The first kappa shape index (κ1) is 15.2. The summed E-state index contributed by atoms with van der Waals surface area (Å²) in [7, 11) is 3.28. The van der Waals surface area contributed by atoms with Crippen molar-refractivity contribution in [2.75, 3.05) is 14.2 Å². The van der Waals surface area contributed by atoms with Crippen LogP contribution in [0.5, 0.6) is 11.5 Å². The average Bonchev–Trinajstić information content (AvgIpc) is 2.48. The summed E-state index contributed by atoms with van der Waals surface area (Å²) in [5.74, 6) is 1.51. The van der Waals surface area contributed by atoms with Gasteiger partial charge in [0.15, 0.2) is 0 Å². The molecule has 2 nitrogen and oxygen atoms in total. The van der Waals surface area contributed by atoms with E-state index in [1.807, 2.05) is 43.3 Å². The molecule has 2 aromatic carbocycles. The highest BCUT2D eigenvalue weighted by Crippen LogP contribution is 2.40. The van der Waals surface area contributed by atoms with Gasteiger partial charge in [-0.2, -0.15) is 0 Å². The van der Waals surface area contributed by atoms with E-state index in [9.17, 15) is 0 Å². The maximum absolute atomic E-state index is 6.66. The second kappa shape index (κ2) is 6.51. The van der Waals surface area contributed by atoms with Crippen LogP contribution >= 0.6 is 27.5 Å². The summed E-state index contributed by atoms with van der Waals surface area (Å²) < 4.78 is 11.7. The Hall–Kier alpha value is -1.19. The molecule has 0 spiro atoms. The predicted octanol–water partition coefficient (Wildman–Crippen LogP) is 5.10. The zero-order valence-corrected chi connectivity index (χ0v) is 14.0. The molecule has 0 bridgehead atoms. The van der Waals surface area contributed by atoms with Gasteiger partial charge in [-0.1, -0.05) is 34.1 Å². The van der Waals surface area contributed by atoms with E-state index in [0.29, 0.717) is 0 Å². The van der Waals surface area contributed by atoms with E-state index in [1.54, 1.807) is 14.2 Å². The average molecular weight is 356 g/mol. The summed E-state index contributed by atoms with van der Waals surface area (Å²) in [6.45, 7) is 2.04. The Labute approximate surface area is 132 Å². The second-order valence-corrected chi connectivity index (χ2v) is 5.68. The van der Waals surface area contributed by atoms with Gasteiger partial charge in [-0.3, -0.25) is 0 Å². The minimum Gasteiger partial charge on any atom is -0.497 e. The highest BCUT2D eigenvalue weighted by molar-refractivity contribution is 9.10. The lowest BCUT2D eigenvalue weighted by molar-refractivity contribution is 0.399. The molecule has 0 saturated heterocycles. The topological polar surface area (TPSA) is 18.5 Å². The first-order chi connectivity index (χ1) is 9.58. The van der Waals surface area contributed by atoms with Gasteiger partial charge in [0.1, 0.15) is 11.5 Å². The Morgan fingerprint density at radius 3 is 2.45 bits per heavy atom. The lowest BCUT2D eigenvalue weighted by Crippen LogP contribution is -2.00. The zero-order chi connectivity index (χ0) is 14.7. The van der Waals surface area contributed by atoms with Crippen molar-refractivity contribution >= 4 is 27.5 Å². The van der Waals surface area contributed by atoms with Crippen LogP contribution in [0.4, 0.5) is 0 Å². The number of alkyl halides is 1. The fraction of sp³-hybridized carbons (Fsp3) is 0.250. The molecule has 0 fully saturated rings. The third-order valence-corrected chi connectivity index (χ3v) is 4.76. The zero-order valence-electron chi connectivity index (χ0n) is 11.6. The molecule has 0 radical (unpaired) electrons. The molecule has 4 heteroatoms. The number of rotatable bonds is 4.